The third-order valence-corrected chi connectivity index (χ3v) is 5.54. The van der Waals surface area contributed by atoms with Gasteiger partial charge in [0.25, 0.3) is 0 Å². The highest BCUT2D eigenvalue weighted by atomic mass is 79.9. The second-order valence-electron chi connectivity index (χ2n) is 7.06. The zero-order valence-corrected chi connectivity index (χ0v) is 16.9. The molecule has 7 heteroatoms. The number of aryl methyl sites for hydroxylation is 1. The van der Waals surface area contributed by atoms with Crippen molar-refractivity contribution in [3.8, 4) is 11.4 Å². The number of carbonyl (C=O) groups excluding carboxylic acids is 1. The smallest absolute Gasteiger partial charge is 0.232 e. The molecule has 1 aromatic heterocycles. The van der Waals surface area contributed by atoms with E-state index < -0.39 is 0 Å². The van der Waals surface area contributed by atoms with Crippen molar-refractivity contribution in [3.63, 3.8) is 0 Å². The van der Waals surface area contributed by atoms with Gasteiger partial charge in [-0.2, -0.15) is 4.98 Å². The molecule has 3 aromatic rings. The number of rotatable bonds is 5. The molecule has 2 heterocycles. The summed E-state index contributed by atoms with van der Waals surface area (Å²) in [6.07, 6.45) is 1.18. The van der Waals surface area contributed by atoms with Gasteiger partial charge in [-0.1, -0.05) is 35.0 Å². The molecule has 28 heavy (non-hydrogen) atoms. The van der Waals surface area contributed by atoms with Crippen LogP contribution in [0.1, 0.15) is 29.4 Å². The number of hydrogen-bond donors (Lipinski definition) is 0. The van der Waals surface area contributed by atoms with Crippen LogP contribution in [0.2, 0.25) is 0 Å². The molecule has 1 fully saturated rings. The Balaban J connectivity index is 1.42. The molecule has 2 aromatic carbocycles. The highest BCUT2D eigenvalue weighted by molar-refractivity contribution is 9.10. The van der Waals surface area contributed by atoms with Crippen molar-refractivity contribution in [2.75, 3.05) is 13.1 Å². The molecule has 4 rings (SSSR count). The van der Waals surface area contributed by atoms with E-state index in [4.69, 9.17) is 4.52 Å². The topological polar surface area (TPSA) is 59.2 Å². The van der Waals surface area contributed by atoms with E-state index >= 15 is 0 Å². The average molecular weight is 444 g/mol. The van der Waals surface area contributed by atoms with E-state index in [1.54, 1.807) is 12.1 Å². The molecule has 0 aliphatic carbocycles. The summed E-state index contributed by atoms with van der Waals surface area (Å²) in [5.41, 5.74) is 3.09. The van der Waals surface area contributed by atoms with Crippen LogP contribution in [0, 0.1) is 12.7 Å². The lowest BCUT2D eigenvalue weighted by Gasteiger charge is -2.16. The van der Waals surface area contributed by atoms with Crippen molar-refractivity contribution in [3.05, 3.63) is 69.8 Å². The van der Waals surface area contributed by atoms with Crippen LogP contribution in [0.15, 0.2) is 51.5 Å². The third kappa shape index (κ3) is 3.99. The second-order valence-corrected chi connectivity index (χ2v) is 7.92. The first-order valence-electron chi connectivity index (χ1n) is 9.12. The number of nitrogens with zero attached hydrogens (tertiary/aromatic N) is 3. The minimum absolute atomic E-state index is 0.0990. The van der Waals surface area contributed by atoms with E-state index in [-0.39, 0.29) is 17.6 Å². The van der Waals surface area contributed by atoms with Crippen LogP contribution in [0.4, 0.5) is 4.39 Å². The lowest BCUT2D eigenvalue weighted by atomic mass is 10.1. The molecule has 0 bridgehead atoms. The SMILES string of the molecule is Cc1cccc(CCN2CC(c3nc(-c4ccc(F)c(Br)c4)no3)CC2=O)c1. The van der Waals surface area contributed by atoms with Crippen molar-refractivity contribution in [2.24, 2.45) is 0 Å². The summed E-state index contributed by atoms with van der Waals surface area (Å²) < 4.78 is 19.2. The Bertz CT molecular complexity index is 1020. The van der Waals surface area contributed by atoms with Crippen LogP contribution >= 0.6 is 15.9 Å². The van der Waals surface area contributed by atoms with Crippen LogP contribution < -0.4 is 0 Å². The minimum atomic E-state index is -0.349. The summed E-state index contributed by atoms with van der Waals surface area (Å²) in [5.74, 6) is 0.471. The van der Waals surface area contributed by atoms with E-state index in [0.717, 1.165) is 6.42 Å². The lowest BCUT2D eigenvalue weighted by molar-refractivity contribution is -0.127. The van der Waals surface area contributed by atoms with Gasteiger partial charge in [0.15, 0.2) is 0 Å². The van der Waals surface area contributed by atoms with Gasteiger partial charge in [-0.3, -0.25) is 4.79 Å². The molecular formula is C21H19BrFN3O2. The molecule has 0 radical (unpaired) electrons. The summed E-state index contributed by atoms with van der Waals surface area (Å²) in [6.45, 7) is 3.30. The summed E-state index contributed by atoms with van der Waals surface area (Å²) in [5, 5.41) is 4.00. The first-order valence-corrected chi connectivity index (χ1v) is 9.91. The predicted molar refractivity (Wildman–Crippen MR) is 106 cm³/mol. The molecule has 144 valence electrons. The maximum absolute atomic E-state index is 13.4. The third-order valence-electron chi connectivity index (χ3n) is 4.94. The number of amides is 1. The van der Waals surface area contributed by atoms with Crippen LogP contribution in [-0.2, 0) is 11.2 Å². The van der Waals surface area contributed by atoms with Gasteiger partial charge in [0.05, 0.1) is 10.4 Å². The fourth-order valence-corrected chi connectivity index (χ4v) is 3.82. The molecule has 5 nitrogen and oxygen atoms in total. The zero-order valence-electron chi connectivity index (χ0n) is 15.4. The standard InChI is InChI=1S/C21H19BrFN3O2/c1-13-3-2-4-14(9-13)7-8-26-12-16(11-19(26)27)21-24-20(25-28-21)15-5-6-18(23)17(22)10-15/h2-6,9-10,16H,7-8,11-12H2,1H3. The highest BCUT2D eigenvalue weighted by Crippen LogP contribution is 2.30. The number of aromatic nitrogens is 2. The van der Waals surface area contributed by atoms with Gasteiger partial charge in [0, 0.05) is 25.1 Å². The fraction of sp³-hybridized carbons (Fsp3) is 0.286. The Labute approximate surface area is 170 Å². The molecule has 0 spiro atoms. The number of carbonyl (C=O) groups is 1. The molecule has 0 saturated carbocycles. The van der Waals surface area contributed by atoms with Gasteiger partial charge < -0.3 is 9.42 Å². The number of halogens is 2. The molecule has 1 atom stereocenters. The molecule has 1 aliphatic rings. The number of benzene rings is 2. The maximum Gasteiger partial charge on any atom is 0.232 e. The van der Waals surface area contributed by atoms with Crippen molar-refractivity contribution < 1.29 is 13.7 Å². The van der Waals surface area contributed by atoms with Crippen LogP contribution in [-0.4, -0.2) is 34.0 Å². The van der Waals surface area contributed by atoms with Gasteiger partial charge in [0.2, 0.25) is 17.6 Å². The quantitative estimate of drug-likeness (QED) is 0.582. The van der Waals surface area contributed by atoms with Gasteiger partial charge >= 0.3 is 0 Å². The molecule has 1 amide bonds. The fourth-order valence-electron chi connectivity index (χ4n) is 3.44. The molecule has 1 saturated heterocycles. The van der Waals surface area contributed by atoms with Crippen molar-refractivity contribution in [2.45, 2.75) is 25.7 Å². The summed E-state index contributed by atoms with van der Waals surface area (Å²) >= 11 is 3.16. The predicted octanol–water partition coefficient (Wildman–Crippen LogP) is 4.51. The van der Waals surface area contributed by atoms with Crippen LogP contribution in [0.25, 0.3) is 11.4 Å². The van der Waals surface area contributed by atoms with Crippen molar-refractivity contribution in [1.82, 2.24) is 15.0 Å². The zero-order chi connectivity index (χ0) is 19.7. The summed E-state index contributed by atoms with van der Waals surface area (Å²) in [7, 11) is 0. The lowest BCUT2D eigenvalue weighted by Crippen LogP contribution is -2.27. The van der Waals surface area contributed by atoms with E-state index in [1.165, 1.54) is 17.2 Å². The Morgan fingerprint density at radius 2 is 2.14 bits per heavy atom. The van der Waals surface area contributed by atoms with Crippen LogP contribution in [0.5, 0.6) is 0 Å². The second kappa shape index (κ2) is 7.83. The summed E-state index contributed by atoms with van der Waals surface area (Å²) in [6, 6.07) is 12.9. The minimum Gasteiger partial charge on any atom is -0.342 e. The molecular weight excluding hydrogens is 425 g/mol. The van der Waals surface area contributed by atoms with Crippen molar-refractivity contribution in [1.29, 1.82) is 0 Å². The van der Waals surface area contributed by atoms with Crippen LogP contribution in [0.3, 0.4) is 0 Å². The highest BCUT2D eigenvalue weighted by Gasteiger charge is 2.34. The maximum atomic E-state index is 13.4. The van der Waals surface area contributed by atoms with Gasteiger partial charge in [-0.25, -0.2) is 4.39 Å². The summed E-state index contributed by atoms with van der Waals surface area (Å²) in [4.78, 5) is 18.7. The first kappa shape index (κ1) is 18.8. The van der Waals surface area contributed by atoms with E-state index in [0.29, 0.717) is 41.3 Å². The van der Waals surface area contributed by atoms with Gasteiger partial charge in [-0.05, 0) is 53.0 Å². The monoisotopic (exact) mass is 443 g/mol. The van der Waals surface area contributed by atoms with Gasteiger partial charge in [-0.15, -0.1) is 0 Å². The molecule has 0 N–H and O–H groups in total. The van der Waals surface area contributed by atoms with E-state index in [9.17, 15) is 9.18 Å². The van der Waals surface area contributed by atoms with Crippen molar-refractivity contribution >= 4 is 21.8 Å². The Kier molecular flexibility index (Phi) is 5.26. The van der Waals surface area contributed by atoms with E-state index in [1.807, 2.05) is 11.0 Å². The number of likely N-dealkylation sites (tertiary alicyclic amines) is 1. The van der Waals surface area contributed by atoms with E-state index in [2.05, 4.69) is 51.2 Å². The normalized spacial score (nSPS) is 16.8. The Morgan fingerprint density at radius 3 is 2.93 bits per heavy atom. The van der Waals surface area contributed by atoms with Gasteiger partial charge in [0.1, 0.15) is 5.82 Å². The molecule has 1 unspecified atom stereocenters. The Hall–Kier alpha value is -2.54. The first-order chi connectivity index (χ1) is 13.5. The largest absolute Gasteiger partial charge is 0.342 e. The Morgan fingerprint density at radius 1 is 1.29 bits per heavy atom. The number of hydrogen-bond acceptors (Lipinski definition) is 4. The molecule has 1 aliphatic heterocycles. The average Bonchev–Trinajstić information content (AvgIpc) is 3.29.